The summed E-state index contributed by atoms with van der Waals surface area (Å²) in [6.45, 7) is 4.83. The summed E-state index contributed by atoms with van der Waals surface area (Å²) >= 11 is 0. The molecule has 0 bridgehead atoms. The van der Waals surface area contributed by atoms with Crippen LogP contribution in [0.25, 0.3) is 0 Å². The maximum absolute atomic E-state index is 12.3. The molecule has 0 fully saturated rings. The van der Waals surface area contributed by atoms with Gasteiger partial charge in [-0.15, -0.1) is 0 Å². The van der Waals surface area contributed by atoms with Gasteiger partial charge in [0, 0.05) is 24.7 Å². The zero-order valence-electron chi connectivity index (χ0n) is 10.9. The van der Waals surface area contributed by atoms with Gasteiger partial charge in [-0.05, 0) is 31.5 Å². The van der Waals surface area contributed by atoms with Crippen LogP contribution in [0.1, 0.15) is 36.2 Å². The molecule has 0 saturated carbocycles. The molecule has 0 spiro atoms. The van der Waals surface area contributed by atoms with Crippen molar-refractivity contribution in [2.75, 3.05) is 6.54 Å². The Balaban J connectivity index is 2.84. The van der Waals surface area contributed by atoms with Crippen LogP contribution in [0, 0.1) is 11.3 Å². The minimum Gasteiger partial charge on any atom is -0.335 e. The first-order valence-corrected chi connectivity index (χ1v) is 6.07. The SMILES string of the molecule is CC(C)N(CCC#N)C(=O)c1ccc(CN)cc1. The van der Waals surface area contributed by atoms with Crippen molar-refractivity contribution >= 4 is 5.91 Å². The highest BCUT2D eigenvalue weighted by Gasteiger charge is 2.17. The summed E-state index contributed by atoms with van der Waals surface area (Å²) in [6.07, 6.45) is 0.352. The highest BCUT2D eigenvalue weighted by molar-refractivity contribution is 5.94. The first kappa shape index (κ1) is 14.2. The van der Waals surface area contributed by atoms with Crippen LogP contribution in [0.5, 0.6) is 0 Å². The number of nitrogens with zero attached hydrogens (tertiary/aromatic N) is 2. The Morgan fingerprint density at radius 1 is 1.39 bits per heavy atom. The molecule has 1 amide bonds. The average molecular weight is 245 g/mol. The fourth-order valence-electron chi connectivity index (χ4n) is 1.71. The molecule has 0 aliphatic heterocycles. The molecule has 0 aromatic heterocycles. The van der Waals surface area contributed by atoms with Crippen molar-refractivity contribution in [2.45, 2.75) is 32.9 Å². The molecule has 0 aliphatic carbocycles. The van der Waals surface area contributed by atoms with Crippen LogP contribution in [0.2, 0.25) is 0 Å². The minimum absolute atomic E-state index is 0.0381. The van der Waals surface area contributed by atoms with E-state index in [4.69, 9.17) is 11.0 Å². The maximum atomic E-state index is 12.3. The van der Waals surface area contributed by atoms with E-state index < -0.39 is 0 Å². The molecular weight excluding hydrogens is 226 g/mol. The van der Waals surface area contributed by atoms with E-state index in [-0.39, 0.29) is 11.9 Å². The van der Waals surface area contributed by atoms with E-state index >= 15 is 0 Å². The zero-order chi connectivity index (χ0) is 13.5. The number of amides is 1. The third-order valence-corrected chi connectivity index (χ3v) is 2.79. The molecule has 2 N–H and O–H groups in total. The van der Waals surface area contributed by atoms with Crippen molar-refractivity contribution < 1.29 is 4.79 Å². The molecule has 1 rings (SSSR count). The van der Waals surface area contributed by atoms with E-state index in [2.05, 4.69) is 6.07 Å². The number of carbonyl (C=O) groups excluding carboxylic acids is 1. The van der Waals surface area contributed by atoms with Gasteiger partial charge in [-0.2, -0.15) is 5.26 Å². The monoisotopic (exact) mass is 245 g/mol. The molecular formula is C14H19N3O. The van der Waals surface area contributed by atoms with Crippen LogP contribution in [-0.2, 0) is 6.54 Å². The molecule has 0 radical (unpaired) electrons. The number of rotatable bonds is 5. The summed E-state index contributed by atoms with van der Waals surface area (Å²) in [4.78, 5) is 14.0. The zero-order valence-corrected chi connectivity index (χ0v) is 10.9. The predicted molar refractivity (Wildman–Crippen MR) is 70.7 cm³/mol. The molecule has 4 heteroatoms. The highest BCUT2D eigenvalue weighted by Crippen LogP contribution is 2.10. The molecule has 1 aromatic carbocycles. The number of nitrogens with two attached hydrogens (primary N) is 1. The van der Waals surface area contributed by atoms with E-state index in [9.17, 15) is 4.79 Å². The summed E-state index contributed by atoms with van der Waals surface area (Å²) in [5.41, 5.74) is 7.16. The number of benzene rings is 1. The van der Waals surface area contributed by atoms with Crippen molar-refractivity contribution in [2.24, 2.45) is 5.73 Å². The molecule has 0 saturated heterocycles. The van der Waals surface area contributed by atoms with Gasteiger partial charge in [-0.25, -0.2) is 0 Å². The van der Waals surface area contributed by atoms with Gasteiger partial charge in [0.15, 0.2) is 0 Å². The summed E-state index contributed by atoms with van der Waals surface area (Å²) in [6, 6.07) is 9.43. The Labute approximate surface area is 108 Å². The molecule has 1 aromatic rings. The highest BCUT2D eigenvalue weighted by atomic mass is 16.2. The second kappa shape index (κ2) is 6.77. The molecule has 0 unspecified atom stereocenters. The fraction of sp³-hybridized carbons (Fsp3) is 0.429. The van der Waals surface area contributed by atoms with Gasteiger partial charge in [0.05, 0.1) is 12.5 Å². The predicted octanol–water partition coefficient (Wildman–Crippen LogP) is 1.91. The first-order chi connectivity index (χ1) is 8.60. The molecule has 0 atom stereocenters. The van der Waals surface area contributed by atoms with Crippen molar-refractivity contribution in [3.63, 3.8) is 0 Å². The summed E-state index contributed by atoms with van der Waals surface area (Å²) in [5, 5.41) is 8.62. The van der Waals surface area contributed by atoms with E-state index in [1.165, 1.54) is 0 Å². The standard InChI is InChI=1S/C14H19N3O/c1-11(2)17(9-3-8-15)14(18)13-6-4-12(10-16)5-7-13/h4-7,11H,3,9-10,16H2,1-2H3. The fourth-order valence-corrected chi connectivity index (χ4v) is 1.71. The largest absolute Gasteiger partial charge is 0.335 e. The molecule has 0 heterocycles. The van der Waals surface area contributed by atoms with Crippen molar-refractivity contribution in [1.82, 2.24) is 4.90 Å². The number of carbonyl (C=O) groups is 1. The van der Waals surface area contributed by atoms with Crippen LogP contribution in [-0.4, -0.2) is 23.4 Å². The van der Waals surface area contributed by atoms with Gasteiger partial charge < -0.3 is 10.6 Å². The molecule has 96 valence electrons. The minimum atomic E-state index is -0.0381. The summed E-state index contributed by atoms with van der Waals surface area (Å²) < 4.78 is 0. The lowest BCUT2D eigenvalue weighted by Gasteiger charge is -2.26. The van der Waals surface area contributed by atoms with Crippen LogP contribution in [0.4, 0.5) is 0 Å². The maximum Gasteiger partial charge on any atom is 0.254 e. The Hall–Kier alpha value is -1.86. The van der Waals surface area contributed by atoms with E-state index in [0.717, 1.165) is 5.56 Å². The smallest absolute Gasteiger partial charge is 0.254 e. The third-order valence-electron chi connectivity index (χ3n) is 2.79. The lowest BCUT2D eigenvalue weighted by molar-refractivity contribution is 0.0710. The lowest BCUT2D eigenvalue weighted by Crippen LogP contribution is -2.37. The van der Waals surface area contributed by atoms with Crippen molar-refractivity contribution in [1.29, 1.82) is 5.26 Å². The van der Waals surface area contributed by atoms with Crippen LogP contribution in [0.15, 0.2) is 24.3 Å². The molecule has 0 aliphatic rings. The second-order valence-electron chi connectivity index (χ2n) is 4.40. The van der Waals surface area contributed by atoms with Crippen LogP contribution < -0.4 is 5.73 Å². The molecule has 4 nitrogen and oxygen atoms in total. The van der Waals surface area contributed by atoms with Crippen LogP contribution >= 0.6 is 0 Å². The average Bonchev–Trinajstić information content (AvgIpc) is 2.38. The Morgan fingerprint density at radius 3 is 2.44 bits per heavy atom. The Kier molecular flexibility index (Phi) is 5.34. The van der Waals surface area contributed by atoms with Crippen molar-refractivity contribution in [3.05, 3.63) is 35.4 Å². The first-order valence-electron chi connectivity index (χ1n) is 6.07. The van der Waals surface area contributed by atoms with E-state index in [0.29, 0.717) is 25.1 Å². The van der Waals surface area contributed by atoms with Gasteiger partial charge in [0.1, 0.15) is 0 Å². The quantitative estimate of drug-likeness (QED) is 0.861. The van der Waals surface area contributed by atoms with Gasteiger partial charge in [-0.1, -0.05) is 12.1 Å². The van der Waals surface area contributed by atoms with Crippen LogP contribution in [0.3, 0.4) is 0 Å². The van der Waals surface area contributed by atoms with Gasteiger partial charge in [0.25, 0.3) is 5.91 Å². The topological polar surface area (TPSA) is 70.1 Å². The van der Waals surface area contributed by atoms with E-state index in [1.54, 1.807) is 17.0 Å². The number of nitriles is 1. The summed E-state index contributed by atoms with van der Waals surface area (Å²) in [5.74, 6) is -0.0381. The number of hydrogen-bond acceptors (Lipinski definition) is 3. The Morgan fingerprint density at radius 2 is 2.00 bits per heavy atom. The van der Waals surface area contributed by atoms with Gasteiger partial charge in [-0.3, -0.25) is 4.79 Å². The number of hydrogen-bond donors (Lipinski definition) is 1. The summed E-state index contributed by atoms with van der Waals surface area (Å²) in [7, 11) is 0. The van der Waals surface area contributed by atoms with E-state index in [1.807, 2.05) is 26.0 Å². The third kappa shape index (κ3) is 3.57. The lowest BCUT2D eigenvalue weighted by atomic mass is 10.1. The Bertz CT molecular complexity index is 431. The molecule has 18 heavy (non-hydrogen) atoms. The van der Waals surface area contributed by atoms with Crippen molar-refractivity contribution in [3.8, 4) is 6.07 Å². The van der Waals surface area contributed by atoms with Gasteiger partial charge >= 0.3 is 0 Å². The second-order valence-corrected chi connectivity index (χ2v) is 4.40. The normalized spacial score (nSPS) is 10.2. The van der Waals surface area contributed by atoms with Gasteiger partial charge in [0.2, 0.25) is 0 Å².